The van der Waals surface area contributed by atoms with Gasteiger partial charge in [0, 0.05) is 0 Å². The normalized spacial score (nSPS) is 50.4. The van der Waals surface area contributed by atoms with Gasteiger partial charge in [0.25, 0.3) is 0 Å². The van der Waals surface area contributed by atoms with Crippen LogP contribution in [-0.4, -0.2) is 16.1 Å². The smallest absolute Gasteiger partial charge is 0.102 e. The van der Waals surface area contributed by atoms with Crippen LogP contribution in [0.15, 0.2) is 11.6 Å². The molecule has 18 heavy (non-hydrogen) atoms. The molecule has 0 heterocycles. The molecule has 0 aromatic rings. The van der Waals surface area contributed by atoms with Gasteiger partial charge in [-0.15, -0.1) is 11.6 Å². The highest BCUT2D eigenvalue weighted by Crippen LogP contribution is 2.65. The van der Waals surface area contributed by atoms with Gasteiger partial charge in [-0.05, 0) is 48.0 Å². The van der Waals surface area contributed by atoms with Crippen molar-refractivity contribution in [3.05, 3.63) is 11.6 Å². The van der Waals surface area contributed by atoms with Crippen LogP contribution in [0.3, 0.4) is 0 Å². The molecule has 0 aromatic carbocycles. The third-order valence-electron chi connectivity index (χ3n) is 5.92. The average Bonchev–Trinajstić information content (AvgIpc) is 2.84. The van der Waals surface area contributed by atoms with Crippen LogP contribution in [0.2, 0.25) is 0 Å². The van der Waals surface area contributed by atoms with E-state index in [4.69, 9.17) is 11.6 Å². The number of aliphatic hydroxyl groups is 1. The van der Waals surface area contributed by atoms with Crippen molar-refractivity contribution in [2.45, 2.75) is 63.9 Å². The van der Waals surface area contributed by atoms with Gasteiger partial charge in [0.2, 0.25) is 0 Å². The third-order valence-corrected chi connectivity index (χ3v) is 6.50. The van der Waals surface area contributed by atoms with Crippen LogP contribution in [0.25, 0.3) is 0 Å². The Morgan fingerprint density at radius 1 is 1.33 bits per heavy atom. The maximum absolute atomic E-state index is 11.0. The van der Waals surface area contributed by atoms with Gasteiger partial charge >= 0.3 is 0 Å². The van der Waals surface area contributed by atoms with Crippen molar-refractivity contribution >= 4 is 11.6 Å². The number of rotatable bonds is 1. The fraction of sp³-hybridized carbons (Fsp3) is 0.875. The highest BCUT2D eigenvalue weighted by molar-refractivity contribution is 6.21. The Bertz CT molecular complexity index is 387. The summed E-state index contributed by atoms with van der Waals surface area (Å²) >= 11 is 6.46. The van der Waals surface area contributed by atoms with E-state index in [1.807, 2.05) is 0 Å². The van der Waals surface area contributed by atoms with Gasteiger partial charge in [-0.2, -0.15) is 0 Å². The molecule has 3 aliphatic carbocycles. The molecule has 0 aliphatic heterocycles. The van der Waals surface area contributed by atoms with Gasteiger partial charge < -0.3 is 5.11 Å². The highest BCUT2D eigenvalue weighted by Gasteiger charge is 2.60. The van der Waals surface area contributed by atoms with Crippen molar-refractivity contribution in [1.29, 1.82) is 0 Å². The molecule has 0 saturated heterocycles. The topological polar surface area (TPSA) is 20.2 Å². The Hall–Kier alpha value is -0.0100. The summed E-state index contributed by atoms with van der Waals surface area (Å²) in [6, 6.07) is 0. The van der Waals surface area contributed by atoms with Crippen LogP contribution < -0.4 is 0 Å². The molecular formula is C16H25ClO. The fourth-order valence-electron chi connectivity index (χ4n) is 4.44. The molecule has 0 aromatic heterocycles. The standard InChI is InChI=1S/C16H25ClO/c1-10-8-12-13(15(12,2)3)9-11(10)16(18)7-5-4-6-14(16)17/h9-10,12-14,18H,4-8H2,1-3H3/t10-,12+,13-,14+,16+/m0/s1. The number of allylic oxidation sites excluding steroid dienone is 1. The van der Waals surface area contributed by atoms with Crippen molar-refractivity contribution < 1.29 is 5.11 Å². The van der Waals surface area contributed by atoms with Crippen LogP contribution in [0.4, 0.5) is 0 Å². The molecule has 0 spiro atoms. The Balaban J connectivity index is 1.91. The predicted molar refractivity (Wildman–Crippen MR) is 75.7 cm³/mol. The quantitative estimate of drug-likeness (QED) is 0.560. The van der Waals surface area contributed by atoms with E-state index in [1.54, 1.807) is 0 Å². The molecule has 102 valence electrons. The summed E-state index contributed by atoms with van der Waals surface area (Å²) < 4.78 is 0. The van der Waals surface area contributed by atoms with E-state index in [0.29, 0.717) is 17.3 Å². The lowest BCUT2D eigenvalue weighted by Crippen LogP contribution is -2.45. The number of halogens is 1. The predicted octanol–water partition coefficient (Wildman–Crippen LogP) is 4.14. The number of hydrogen-bond acceptors (Lipinski definition) is 1. The summed E-state index contributed by atoms with van der Waals surface area (Å²) in [5, 5.41) is 11.0. The summed E-state index contributed by atoms with van der Waals surface area (Å²) in [5.41, 5.74) is 0.986. The van der Waals surface area contributed by atoms with Crippen molar-refractivity contribution in [1.82, 2.24) is 0 Å². The summed E-state index contributed by atoms with van der Waals surface area (Å²) in [6.07, 6.45) is 7.71. The maximum Gasteiger partial charge on any atom is 0.102 e. The van der Waals surface area contributed by atoms with E-state index in [0.717, 1.165) is 31.6 Å². The maximum atomic E-state index is 11.0. The molecule has 0 amide bonds. The van der Waals surface area contributed by atoms with Crippen molar-refractivity contribution in [3.63, 3.8) is 0 Å². The Labute approximate surface area is 116 Å². The largest absolute Gasteiger partial charge is 0.384 e. The first-order valence-corrected chi connectivity index (χ1v) is 7.89. The van der Waals surface area contributed by atoms with Gasteiger partial charge in [0.15, 0.2) is 0 Å². The summed E-state index contributed by atoms with van der Waals surface area (Å²) in [4.78, 5) is 0. The van der Waals surface area contributed by atoms with Gasteiger partial charge in [-0.25, -0.2) is 0 Å². The molecule has 0 radical (unpaired) electrons. The Kier molecular flexibility index (Phi) is 2.88. The summed E-state index contributed by atoms with van der Waals surface area (Å²) in [5.74, 6) is 2.01. The van der Waals surface area contributed by atoms with Gasteiger partial charge in [0.1, 0.15) is 5.60 Å². The second-order valence-electron chi connectivity index (χ2n) is 7.35. The van der Waals surface area contributed by atoms with Crippen LogP contribution in [0.5, 0.6) is 0 Å². The lowest BCUT2D eigenvalue weighted by Gasteiger charge is -2.42. The SMILES string of the molecule is C[C@H]1C[C@@H]2[C@H](C=C1[C@]1(O)CCCC[C@H]1Cl)C2(C)C. The van der Waals surface area contributed by atoms with Crippen LogP contribution in [0, 0.1) is 23.2 Å². The molecule has 2 saturated carbocycles. The van der Waals surface area contributed by atoms with Gasteiger partial charge in [-0.1, -0.05) is 39.7 Å². The first-order chi connectivity index (χ1) is 8.37. The van der Waals surface area contributed by atoms with E-state index in [2.05, 4.69) is 26.8 Å². The Morgan fingerprint density at radius 2 is 2.06 bits per heavy atom. The Morgan fingerprint density at radius 3 is 2.72 bits per heavy atom. The first-order valence-electron chi connectivity index (χ1n) is 7.46. The third kappa shape index (κ3) is 1.70. The van der Waals surface area contributed by atoms with Crippen LogP contribution >= 0.6 is 11.6 Å². The van der Waals surface area contributed by atoms with E-state index < -0.39 is 5.60 Å². The van der Waals surface area contributed by atoms with Crippen molar-refractivity contribution in [2.75, 3.05) is 0 Å². The van der Waals surface area contributed by atoms with Gasteiger partial charge in [-0.3, -0.25) is 0 Å². The second-order valence-corrected chi connectivity index (χ2v) is 7.88. The van der Waals surface area contributed by atoms with E-state index >= 15 is 0 Å². The monoisotopic (exact) mass is 268 g/mol. The molecule has 2 fully saturated rings. The molecule has 1 N–H and O–H groups in total. The summed E-state index contributed by atoms with van der Waals surface area (Å²) in [6.45, 7) is 6.99. The van der Waals surface area contributed by atoms with Crippen molar-refractivity contribution in [2.24, 2.45) is 23.2 Å². The molecule has 2 heteroatoms. The molecule has 0 unspecified atom stereocenters. The van der Waals surface area contributed by atoms with Gasteiger partial charge in [0.05, 0.1) is 5.38 Å². The fourth-order valence-corrected chi connectivity index (χ4v) is 4.83. The molecule has 1 nitrogen and oxygen atoms in total. The van der Waals surface area contributed by atoms with E-state index in [-0.39, 0.29) is 5.38 Å². The average molecular weight is 269 g/mol. The molecular weight excluding hydrogens is 244 g/mol. The molecule has 0 bridgehead atoms. The molecule has 5 atom stereocenters. The minimum Gasteiger partial charge on any atom is -0.384 e. The minimum atomic E-state index is -0.719. The van der Waals surface area contributed by atoms with E-state index in [1.165, 1.54) is 12.0 Å². The van der Waals surface area contributed by atoms with E-state index in [9.17, 15) is 5.11 Å². The second kappa shape index (κ2) is 3.99. The zero-order valence-electron chi connectivity index (χ0n) is 11.7. The van der Waals surface area contributed by atoms with Crippen LogP contribution in [0.1, 0.15) is 52.9 Å². The lowest BCUT2D eigenvalue weighted by molar-refractivity contribution is 0.0325. The molecule has 3 rings (SSSR count). The zero-order chi connectivity index (χ0) is 13.1. The molecule has 3 aliphatic rings. The zero-order valence-corrected chi connectivity index (χ0v) is 12.5. The van der Waals surface area contributed by atoms with Crippen molar-refractivity contribution in [3.8, 4) is 0 Å². The number of fused-ring (bicyclic) bond motifs is 1. The lowest BCUT2D eigenvalue weighted by atomic mass is 9.71. The number of alkyl halides is 1. The number of hydrogen-bond donors (Lipinski definition) is 1. The first kappa shape index (κ1) is 13.0. The highest BCUT2D eigenvalue weighted by atomic mass is 35.5. The van der Waals surface area contributed by atoms with Crippen LogP contribution in [-0.2, 0) is 0 Å². The minimum absolute atomic E-state index is 0.0848. The summed E-state index contributed by atoms with van der Waals surface area (Å²) in [7, 11) is 0.